The first-order chi connectivity index (χ1) is 9.58. The van der Waals surface area contributed by atoms with E-state index in [9.17, 15) is 4.79 Å². The third-order valence-electron chi connectivity index (χ3n) is 4.15. The van der Waals surface area contributed by atoms with E-state index in [1.54, 1.807) is 0 Å². The van der Waals surface area contributed by atoms with Crippen LogP contribution in [0.25, 0.3) is 0 Å². The molecule has 20 heavy (non-hydrogen) atoms. The molecule has 2 rings (SSSR count). The Labute approximate surface area is 129 Å². The van der Waals surface area contributed by atoms with E-state index < -0.39 is 5.54 Å². The number of nitrogens with one attached hydrogen (secondary N) is 1. The highest BCUT2D eigenvalue weighted by Crippen LogP contribution is 2.37. The number of rotatable bonds is 4. The molecule has 0 saturated heterocycles. The molecular weight excluding hydrogens is 318 g/mol. The second-order valence-corrected chi connectivity index (χ2v) is 6.39. The molecule has 1 aliphatic carbocycles. The van der Waals surface area contributed by atoms with Gasteiger partial charge in [-0.05, 0) is 49.9 Å². The molecular formula is C16H22BrNO2. The summed E-state index contributed by atoms with van der Waals surface area (Å²) in [7, 11) is 0. The summed E-state index contributed by atoms with van der Waals surface area (Å²) in [5, 5.41) is 3.46. The van der Waals surface area contributed by atoms with Crippen LogP contribution in [-0.2, 0) is 9.53 Å². The van der Waals surface area contributed by atoms with Crippen LogP contribution < -0.4 is 5.32 Å². The van der Waals surface area contributed by atoms with Gasteiger partial charge < -0.3 is 10.1 Å². The van der Waals surface area contributed by atoms with E-state index in [1.807, 2.05) is 31.2 Å². The van der Waals surface area contributed by atoms with Crippen molar-refractivity contribution >= 4 is 27.6 Å². The Hall–Kier alpha value is -1.03. The van der Waals surface area contributed by atoms with Gasteiger partial charge in [-0.15, -0.1) is 0 Å². The van der Waals surface area contributed by atoms with E-state index in [2.05, 4.69) is 28.2 Å². The Bertz CT molecular complexity index is 460. The van der Waals surface area contributed by atoms with Gasteiger partial charge in [0.15, 0.2) is 0 Å². The van der Waals surface area contributed by atoms with Gasteiger partial charge in [-0.2, -0.15) is 0 Å². The molecule has 0 bridgehead atoms. The maximum absolute atomic E-state index is 12.5. The van der Waals surface area contributed by atoms with Crippen LogP contribution in [0.1, 0.15) is 39.5 Å². The summed E-state index contributed by atoms with van der Waals surface area (Å²) in [5.41, 5.74) is 0.386. The fraction of sp³-hybridized carbons (Fsp3) is 0.562. The maximum Gasteiger partial charge on any atom is 0.332 e. The lowest BCUT2D eigenvalue weighted by Crippen LogP contribution is -2.54. The molecule has 4 heteroatoms. The van der Waals surface area contributed by atoms with E-state index in [-0.39, 0.29) is 11.9 Å². The Morgan fingerprint density at radius 3 is 2.70 bits per heavy atom. The maximum atomic E-state index is 12.5. The minimum Gasteiger partial charge on any atom is -0.464 e. The number of halogens is 1. The molecule has 1 saturated carbocycles. The number of benzene rings is 1. The molecule has 110 valence electrons. The van der Waals surface area contributed by atoms with Gasteiger partial charge in [-0.3, -0.25) is 0 Å². The molecule has 0 aliphatic heterocycles. The number of carbonyl (C=O) groups excluding carboxylic acids is 1. The van der Waals surface area contributed by atoms with Gasteiger partial charge >= 0.3 is 5.97 Å². The van der Waals surface area contributed by atoms with Crippen molar-refractivity contribution in [3.63, 3.8) is 0 Å². The minimum absolute atomic E-state index is 0.116. The SMILES string of the molecule is CCOC(=O)C1(Nc2ccc(Br)cc2)CCCCC1C. The van der Waals surface area contributed by atoms with E-state index in [0.717, 1.165) is 29.4 Å². The summed E-state index contributed by atoms with van der Waals surface area (Å²) in [5.74, 6) is 0.161. The lowest BCUT2D eigenvalue weighted by Gasteiger charge is -2.41. The second-order valence-electron chi connectivity index (χ2n) is 5.47. The molecule has 3 nitrogen and oxygen atoms in total. The highest BCUT2D eigenvalue weighted by Gasteiger charge is 2.46. The van der Waals surface area contributed by atoms with Gasteiger partial charge in [0, 0.05) is 10.2 Å². The first kappa shape index (κ1) is 15.4. The quantitative estimate of drug-likeness (QED) is 0.827. The Balaban J connectivity index is 2.26. The number of hydrogen-bond acceptors (Lipinski definition) is 3. The molecule has 1 aromatic rings. The molecule has 0 radical (unpaired) electrons. The third kappa shape index (κ3) is 3.17. The Kier molecular flexibility index (Phi) is 5.08. The van der Waals surface area contributed by atoms with E-state index in [1.165, 1.54) is 6.42 Å². The van der Waals surface area contributed by atoms with Crippen molar-refractivity contribution in [2.24, 2.45) is 5.92 Å². The Morgan fingerprint density at radius 1 is 1.40 bits per heavy atom. The molecule has 0 amide bonds. The summed E-state index contributed by atoms with van der Waals surface area (Å²) in [6, 6.07) is 7.95. The fourth-order valence-electron chi connectivity index (χ4n) is 2.94. The largest absolute Gasteiger partial charge is 0.464 e. The van der Waals surface area contributed by atoms with Gasteiger partial charge in [-0.1, -0.05) is 35.7 Å². The average Bonchev–Trinajstić information content (AvgIpc) is 2.44. The number of carbonyl (C=O) groups is 1. The van der Waals surface area contributed by atoms with Crippen LogP contribution in [0, 0.1) is 5.92 Å². The van der Waals surface area contributed by atoms with Crippen LogP contribution in [0.3, 0.4) is 0 Å². The smallest absolute Gasteiger partial charge is 0.332 e. The first-order valence-corrected chi connectivity index (χ1v) is 8.09. The van der Waals surface area contributed by atoms with Crippen LogP contribution in [0.5, 0.6) is 0 Å². The summed E-state index contributed by atoms with van der Waals surface area (Å²) < 4.78 is 6.37. The predicted molar refractivity (Wildman–Crippen MR) is 84.8 cm³/mol. The van der Waals surface area contributed by atoms with E-state index >= 15 is 0 Å². The Morgan fingerprint density at radius 2 is 2.10 bits per heavy atom. The molecule has 1 aromatic carbocycles. The summed E-state index contributed by atoms with van der Waals surface area (Å²) in [4.78, 5) is 12.5. The zero-order chi connectivity index (χ0) is 14.6. The normalized spacial score (nSPS) is 26.1. The number of anilines is 1. The molecule has 1 N–H and O–H groups in total. The lowest BCUT2D eigenvalue weighted by molar-refractivity contribution is -0.151. The topological polar surface area (TPSA) is 38.3 Å². The van der Waals surface area contributed by atoms with Gasteiger partial charge in [-0.25, -0.2) is 4.79 Å². The zero-order valence-corrected chi connectivity index (χ0v) is 13.7. The summed E-state index contributed by atoms with van der Waals surface area (Å²) >= 11 is 3.43. The average molecular weight is 340 g/mol. The first-order valence-electron chi connectivity index (χ1n) is 7.29. The van der Waals surface area contributed by atoms with Crippen LogP contribution in [0.2, 0.25) is 0 Å². The highest BCUT2D eigenvalue weighted by molar-refractivity contribution is 9.10. The summed E-state index contributed by atoms with van der Waals surface area (Å²) in [6.07, 6.45) is 4.14. The van der Waals surface area contributed by atoms with Gasteiger partial charge in [0.1, 0.15) is 5.54 Å². The third-order valence-corrected chi connectivity index (χ3v) is 4.68. The monoisotopic (exact) mass is 339 g/mol. The number of ether oxygens (including phenoxy) is 1. The minimum atomic E-state index is -0.581. The van der Waals surface area contributed by atoms with Crippen molar-refractivity contribution in [2.45, 2.75) is 45.1 Å². The van der Waals surface area contributed by atoms with Crippen LogP contribution in [-0.4, -0.2) is 18.1 Å². The molecule has 0 spiro atoms. The fourth-order valence-corrected chi connectivity index (χ4v) is 3.20. The van der Waals surface area contributed by atoms with Crippen LogP contribution in [0.4, 0.5) is 5.69 Å². The predicted octanol–water partition coefficient (Wildman–Crippen LogP) is 4.37. The number of hydrogen-bond donors (Lipinski definition) is 1. The van der Waals surface area contributed by atoms with Crippen molar-refractivity contribution in [3.8, 4) is 0 Å². The van der Waals surface area contributed by atoms with Gasteiger partial charge in [0.25, 0.3) is 0 Å². The van der Waals surface area contributed by atoms with E-state index in [4.69, 9.17) is 4.74 Å². The molecule has 2 unspecified atom stereocenters. The molecule has 1 fully saturated rings. The molecule has 1 aliphatic rings. The molecule has 2 atom stereocenters. The standard InChI is InChI=1S/C16H22BrNO2/c1-3-20-15(19)16(11-5-4-6-12(16)2)18-14-9-7-13(17)8-10-14/h7-10,12,18H,3-6,11H2,1-2H3. The molecule has 0 heterocycles. The van der Waals surface area contributed by atoms with Gasteiger partial charge in [0.2, 0.25) is 0 Å². The second kappa shape index (κ2) is 6.61. The van der Waals surface area contributed by atoms with Crippen molar-refractivity contribution in [3.05, 3.63) is 28.7 Å². The van der Waals surface area contributed by atoms with Crippen molar-refractivity contribution in [1.29, 1.82) is 0 Å². The summed E-state index contributed by atoms with van der Waals surface area (Å²) in [6.45, 7) is 4.43. The van der Waals surface area contributed by atoms with Crippen molar-refractivity contribution in [2.75, 3.05) is 11.9 Å². The van der Waals surface area contributed by atoms with Crippen molar-refractivity contribution in [1.82, 2.24) is 0 Å². The van der Waals surface area contributed by atoms with E-state index in [0.29, 0.717) is 6.61 Å². The van der Waals surface area contributed by atoms with Gasteiger partial charge in [0.05, 0.1) is 6.61 Å². The van der Waals surface area contributed by atoms with Crippen LogP contribution in [0.15, 0.2) is 28.7 Å². The highest BCUT2D eigenvalue weighted by atomic mass is 79.9. The van der Waals surface area contributed by atoms with Crippen LogP contribution >= 0.6 is 15.9 Å². The molecule has 0 aromatic heterocycles. The lowest BCUT2D eigenvalue weighted by atomic mass is 9.73. The zero-order valence-electron chi connectivity index (χ0n) is 12.1. The number of esters is 1. The van der Waals surface area contributed by atoms with Crippen molar-refractivity contribution < 1.29 is 9.53 Å².